The third-order valence-corrected chi connectivity index (χ3v) is 9.64. The van der Waals surface area contributed by atoms with E-state index in [0.717, 1.165) is 66.5 Å². The van der Waals surface area contributed by atoms with Crippen molar-refractivity contribution in [2.75, 3.05) is 0 Å². The molecule has 0 aliphatic heterocycles. The maximum Gasteiger partial charge on any atom is 0.0998 e. The smallest absolute Gasteiger partial charge is 0.0998 e. The molecule has 2 heterocycles. The molecular formula is C45H25N5. The van der Waals surface area contributed by atoms with Crippen LogP contribution in [0.2, 0.25) is 0 Å². The van der Waals surface area contributed by atoms with E-state index in [1.165, 1.54) is 10.8 Å². The summed E-state index contributed by atoms with van der Waals surface area (Å²) in [5, 5.41) is 33.6. The predicted octanol–water partition coefficient (Wildman–Crippen LogP) is 10.8. The quantitative estimate of drug-likeness (QED) is 0.193. The fourth-order valence-corrected chi connectivity index (χ4v) is 7.37. The Hall–Kier alpha value is -7.39. The van der Waals surface area contributed by atoms with Crippen molar-refractivity contribution >= 4 is 43.6 Å². The highest BCUT2D eigenvalue weighted by Crippen LogP contribution is 2.39. The molecule has 0 radical (unpaired) electrons. The highest BCUT2D eigenvalue weighted by molar-refractivity contribution is 6.11. The molecule has 5 nitrogen and oxygen atoms in total. The molecule has 9 aromatic rings. The summed E-state index contributed by atoms with van der Waals surface area (Å²) in [5.74, 6) is 0. The van der Waals surface area contributed by atoms with Gasteiger partial charge in [0.25, 0.3) is 0 Å². The van der Waals surface area contributed by atoms with Gasteiger partial charge in [-0.25, -0.2) is 0 Å². The van der Waals surface area contributed by atoms with Crippen LogP contribution in [-0.4, -0.2) is 9.13 Å². The van der Waals surface area contributed by atoms with Gasteiger partial charge in [-0.3, -0.25) is 0 Å². The summed E-state index contributed by atoms with van der Waals surface area (Å²) >= 11 is 0. The summed E-state index contributed by atoms with van der Waals surface area (Å²) in [6.45, 7) is 0. The van der Waals surface area contributed by atoms with E-state index >= 15 is 0 Å². The minimum Gasteiger partial charge on any atom is -0.309 e. The second kappa shape index (κ2) is 11.4. The zero-order valence-corrected chi connectivity index (χ0v) is 26.7. The average Bonchev–Trinajstić information content (AvgIpc) is 3.69. The molecule has 0 fully saturated rings. The molecule has 0 N–H and O–H groups in total. The highest BCUT2D eigenvalue weighted by atomic mass is 15.0. The van der Waals surface area contributed by atoms with Crippen LogP contribution in [0.4, 0.5) is 0 Å². The molecule has 0 atom stereocenters. The van der Waals surface area contributed by atoms with Gasteiger partial charge < -0.3 is 9.13 Å². The number of aromatic nitrogens is 2. The molecule has 0 saturated carbocycles. The molecule has 0 bridgehead atoms. The van der Waals surface area contributed by atoms with Crippen molar-refractivity contribution < 1.29 is 0 Å². The monoisotopic (exact) mass is 635 g/mol. The van der Waals surface area contributed by atoms with Crippen LogP contribution < -0.4 is 0 Å². The fourth-order valence-electron chi connectivity index (χ4n) is 7.37. The number of benzene rings is 7. The van der Waals surface area contributed by atoms with E-state index in [9.17, 15) is 15.8 Å². The van der Waals surface area contributed by atoms with E-state index < -0.39 is 0 Å². The minimum atomic E-state index is 0.567. The van der Waals surface area contributed by atoms with Crippen molar-refractivity contribution in [3.8, 4) is 51.8 Å². The Bertz CT molecular complexity index is 2830. The number of fused-ring (bicyclic) bond motifs is 6. The molecule has 2 aromatic heterocycles. The molecule has 0 aliphatic carbocycles. The van der Waals surface area contributed by atoms with Crippen LogP contribution in [0.5, 0.6) is 0 Å². The Morgan fingerprint density at radius 1 is 0.380 bits per heavy atom. The van der Waals surface area contributed by atoms with Gasteiger partial charge in [0.15, 0.2) is 0 Å². The Morgan fingerprint density at radius 2 is 0.920 bits per heavy atom. The van der Waals surface area contributed by atoms with Crippen molar-refractivity contribution in [1.82, 2.24) is 9.13 Å². The maximum absolute atomic E-state index is 10.2. The third kappa shape index (κ3) is 4.38. The number of nitriles is 3. The zero-order chi connectivity index (χ0) is 33.8. The Labute approximate surface area is 287 Å². The van der Waals surface area contributed by atoms with Crippen molar-refractivity contribution in [2.24, 2.45) is 0 Å². The first-order valence-electron chi connectivity index (χ1n) is 16.3. The van der Waals surface area contributed by atoms with Gasteiger partial charge in [0.05, 0.1) is 62.7 Å². The predicted molar refractivity (Wildman–Crippen MR) is 200 cm³/mol. The van der Waals surface area contributed by atoms with E-state index in [1.807, 2.05) is 48.5 Å². The van der Waals surface area contributed by atoms with Gasteiger partial charge in [-0.05, 0) is 90.0 Å². The molecule has 50 heavy (non-hydrogen) atoms. The number of rotatable bonds is 4. The molecule has 0 amide bonds. The first-order chi connectivity index (χ1) is 24.7. The molecule has 230 valence electrons. The summed E-state index contributed by atoms with van der Waals surface area (Å²) in [5.41, 5.74) is 11.8. The molecule has 9 rings (SSSR count). The topological polar surface area (TPSA) is 81.2 Å². The molecular weight excluding hydrogens is 611 g/mol. The van der Waals surface area contributed by atoms with Gasteiger partial charge in [0, 0.05) is 38.4 Å². The van der Waals surface area contributed by atoms with Crippen LogP contribution >= 0.6 is 0 Å². The van der Waals surface area contributed by atoms with Crippen LogP contribution in [0.15, 0.2) is 152 Å². The third-order valence-electron chi connectivity index (χ3n) is 9.64. The van der Waals surface area contributed by atoms with Crippen LogP contribution in [0.1, 0.15) is 16.7 Å². The normalized spacial score (nSPS) is 11.1. The van der Waals surface area contributed by atoms with E-state index in [1.54, 1.807) is 0 Å². The Kier molecular flexibility index (Phi) is 6.56. The molecule has 0 unspecified atom stereocenters. The summed E-state index contributed by atoms with van der Waals surface area (Å²) in [6.07, 6.45) is 0. The molecule has 0 aliphatic rings. The van der Waals surface area contributed by atoms with Crippen molar-refractivity contribution in [3.63, 3.8) is 0 Å². The Balaban J connectivity index is 1.18. The van der Waals surface area contributed by atoms with Crippen molar-refractivity contribution in [3.05, 3.63) is 168 Å². The van der Waals surface area contributed by atoms with Crippen molar-refractivity contribution in [1.29, 1.82) is 15.8 Å². The Morgan fingerprint density at radius 3 is 1.52 bits per heavy atom. The van der Waals surface area contributed by atoms with Gasteiger partial charge >= 0.3 is 0 Å². The van der Waals surface area contributed by atoms with Crippen LogP contribution in [-0.2, 0) is 0 Å². The lowest BCUT2D eigenvalue weighted by Gasteiger charge is -2.15. The average molecular weight is 636 g/mol. The van der Waals surface area contributed by atoms with Gasteiger partial charge in [-0.15, -0.1) is 0 Å². The molecule has 5 heteroatoms. The highest BCUT2D eigenvalue weighted by Gasteiger charge is 2.18. The van der Waals surface area contributed by atoms with E-state index in [4.69, 9.17) is 0 Å². The summed E-state index contributed by atoms with van der Waals surface area (Å²) in [4.78, 5) is 0. The number of hydrogen-bond donors (Lipinski definition) is 0. The first-order valence-corrected chi connectivity index (χ1v) is 16.3. The molecule has 0 saturated heterocycles. The summed E-state index contributed by atoms with van der Waals surface area (Å²) in [7, 11) is 0. The van der Waals surface area contributed by atoms with Gasteiger partial charge in [0.1, 0.15) is 0 Å². The van der Waals surface area contributed by atoms with Gasteiger partial charge in [-0.1, -0.05) is 72.8 Å². The second-order valence-electron chi connectivity index (χ2n) is 12.3. The van der Waals surface area contributed by atoms with Gasteiger partial charge in [-0.2, -0.15) is 15.8 Å². The largest absolute Gasteiger partial charge is 0.309 e. The van der Waals surface area contributed by atoms with Crippen LogP contribution in [0.3, 0.4) is 0 Å². The lowest BCUT2D eigenvalue weighted by Crippen LogP contribution is -1.97. The van der Waals surface area contributed by atoms with E-state index in [-0.39, 0.29) is 0 Å². The standard InChI is InChI=1S/C45H25N5/c46-26-29-13-21-44-39(23-29)40-24-30(27-47)14-22-45(40)49(44)34-19-17-31(18-20-34)38-25-32(15-16-33(38)28-48)35-7-1-4-10-41(35)50-42-11-5-2-8-36(42)37-9-3-6-12-43(37)50/h1-25H. The lowest BCUT2D eigenvalue weighted by molar-refractivity contribution is 1.18. The fraction of sp³-hybridized carbons (Fsp3) is 0. The SMILES string of the molecule is N#Cc1ccc2c(c1)c1cc(C#N)ccc1n2-c1ccc(-c2cc(-c3ccccc3-n3c4ccccc4c4ccccc43)ccc2C#N)cc1. The number of hydrogen-bond acceptors (Lipinski definition) is 3. The van der Waals surface area contributed by atoms with E-state index in [0.29, 0.717) is 16.7 Å². The number of para-hydroxylation sites is 3. The minimum absolute atomic E-state index is 0.567. The van der Waals surface area contributed by atoms with Crippen molar-refractivity contribution in [2.45, 2.75) is 0 Å². The first kappa shape index (κ1) is 28.8. The summed E-state index contributed by atoms with van der Waals surface area (Å²) < 4.78 is 4.48. The second-order valence-corrected chi connectivity index (χ2v) is 12.3. The zero-order valence-electron chi connectivity index (χ0n) is 26.7. The summed E-state index contributed by atoms with van der Waals surface area (Å²) in [6, 6.07) is 57.9. The van der Waals surface area contributed by atoms with Crippen LogP contribution in [0, 0.1) is 34.0 Å². The van der Waals surface area contributed by atoms with E-state index in [2.05, 4.69) is 130 Å². The lowest BCUT2D eigenvalue weighted by atomic mass is 9.94. The molecule has 0 spiro atoms. The van der Waals surface area contributed by atoms with Gasteiger partial charge in [0.2, 0.25) is 0 Å². The number of nitrogens with zero attached hydrogens (tertiary/aromatic N) is 5. The maximum atomic E-state index is 10.2. The molecule has 7 aromatic carbocycles. The van der Waals surface area contributed by atoms with Crippen LogP contribution in [0.25, 0.3) is 77.2 Å².